The molecule has 24 rings (SSSR count). The van der Waals surface area contributed by atoms with Gasteiger partial charge >= 0.3 is 63.2 Å². The summed E-state index contributed by atoms with van der Waals surface area (Å²) in [5.74, 6) is 2.68. The molecule has 0 fully saturated rings. The van der Waals surface area contributed by atoms with Gasteiger partial charge in [0.2, 0.25) is 0 Å². The Morgan fingerprint density at radius 2 is 0.675 bits per heavy atom. The van der Waals surface area contributed by atoms with Gasteiger partial charge in [-0.25, -0.2) is 0 Å². The standard InChI is InChI=1S/3C35H22N4S.3Pt/c1-38-32-12-5-3-10-30(32)37-35(38)24-14-16-28-27-8-2-4-11-31(27)39(34(28)21-24)33-20-23(29-9-6-7-18-36-29)13-15-26(33)25-17-19-40-22-25;1-38-33-12-5-3-10-31(33)37-35(38)23-13-14-29-28-8-2-4-11-32(28)39(34(29)21-23)27-19-25(24-15-17-40-22-24)18-26(20-27)30-9-6-7-16-36-30;1-38-32-14-7-11-27(25-17-19-40-22-25)34(32)37-35(38)24-15-16-29-28-10-2-3-13-31(28)39(33(29)21-24)26-9-6-8-23(20-26)30-12-4-5-18-36-30;;;/h3*2-19,22H,1H3;;;/q3*-2;3*+2. The van der Waals surface area contributed by atoms with Gasteiger partial charge in [0, 0.05) is 61.8 Å². The van der Waals surface area contributed by atoms with E-state index >= 15 is 0 Å². The van der Waals surface area contributed by atoms with Crippen LogP contribution in [0, 0.1) is 36.4 Å². The SMILES string of the molecule is Cn1c(-c2[c-]c3c(cc2)c2ccccc2n3-c2[c-]c(-c3ccccn3)cc(-c3ccsc3)c2)nc2ccccc21.Cn1c(-c2[c-]c3c(cc2)c2ccccc2n3-c2[c-]c(-c3ccccn3)ccc2)nc2c(-c3ccsc3)cccc21.Cn1c(-c2[c-]c3c(cc2)c2ccccc2n3-c2[c-]c(-c3ccccn3)ccc2-c2ccsc2)nc2ccccc21.[Pt+2].[Pt+2].[Pt+2]. The predicted molar refractivity (Wildman–Crippen MR) is 494 cm³/mol. The van der Waals surface area contributed by atoms with Crippen LogP contribution in [-0.4, -0.2) is 57.3 Å². The van der Waals surface area contributed by atoms with Crippen molar-refractivity contribution in [3.05, 3.63) is 378 Å². The summed E-state index contributed by atoms with van der Waals surface area (Å²) < 4.78 is 13.3. The van der Waals surface area contributed by atoms with Crippen LogP contribution < -0.4 is 0 Å². The molecule has 0 unspecified atom stereocenters. The van der Waals surface area contributed by atoms with E-state index in [9.17, 15) is 0 Å². The minimum Gasteiger partial charge on any atom is -0.367 e. The van der Waals surface area contributed by atoms with Gasteiger partial charge in [-0.15, -0.1) is 149 Å². The summed E-state index contributed by atoms with van der Waals surface area (Å²) in [6.07, 6.45) is 5.47. The number of aryl methyl sites for hydroxylation is 3. The van der Waals surface area contributed by atoms with E-state index in [1.54, 1.807) is 34.0 Å². The molecule has 0 aliphatic carbocycles. The average Bonchev–Trinajstić information content (AvgIpc) is 1.59. The van der Waals surface area contributed by atoms with Crippen molar-refractivity contribution in [2.45, 2.75) is 0 Å². The molecule has 0 saturated carbocycles. The summed E-state index contributed by atoms with van der Waals surface area (Å²) in [4.78, 5) is 28.9. The molecule has 12 heterocycles. The van der Waals surface area contributed by atoms with Crippen molar-refractivity contribution in [1.82, 2.24) is 57.3 Å². The predicted octanol–water partition coefficient (Wildman–Crippen LogP) is 26.2. The van der Waals surface area contributed by atoms with Gasteiger partial charge in [-0.3, -0.25) is 15.0 Å². The van der Waals surface area contributed by atoms with Crippen molar-refractivity contribution in [1.29, 1.82) is 0 Å². The van der Waals surface area contributed by atoms with Gasteiger partial charge in [-0.1, -0.05) is 161 Å². The topological polar surface area (TPSA) is 107 Å². The summed E-state index contributed by atoms with van der Waals surface area (Å²) >= 11 is 5.10. The Labute approximate surface area is 763 Å². The Morgan fingerprint density at radius 3 is 1.18 bits per heavy atom. The number of aromatic nitrogens is 12. The van der Waals surface area contributed by atoms with Gasteiger partial charge in [0.25, 0.3) is 0 Å². The summed E-state index contributed by atoms with van der Waals surface area (Å²) in [6, 6.07) is 123. The zero-order valence-corrected chi connectivity index (χ0v) is 75.2. The third-order valence-corrected chi connectivity index (χ3v) is 24.6. The molecule has 12 nitrogen and oxygen atoms in total. The molecule has 0 radical (unpaired) electrons. The van der Waals surface area contributed by atoms with E-state index in [1.807, 2.05) is 91.4 Å². The van der Waals surface area contributed by atoms with Crippen molar-refractivity contribution in [2.24, 2.45) is 21.1 Å². The van der Waals surface area contributed by atoms with Crippen LogP contribution in [0.25, 0.3) is 217 Å². The van der Waals surface area contributed by atoms with Gasteiger partial charge < -0.3 is 42.4 Å². The van der Waals surface area contributed by atoms with E-state index in [0.717, 1.165) is 184 Å². The molecule has 123 heavy (non-hydrogen) atoms. The molecule has 0 bridgehead atoms. The second-order valence-corrected chi connectivity index (χ2v) is 31.9. The Morgan fingerprint density at radius 1 is 0.268 bits per heavy atom. The van der Waals surface area contributed by atoms with Crippen LogP contribution in [0.4, 0.5) is 0 Å². The van der Waals surface area contributed by atoms with Crippen LogP contribution in [0.15, 0.2) is 342 Å². The molecular weight excluding hydrogens is 2110 g/mol. The zero-order chi connectivity index (χ0) is 79.9. The Balaban J connectivity index is 0.000000120. The smallest absolute Gasteiger partial charge is 0.367 e. The number of hydrogen-bond donors (Lipinski definition) is 0. The van der Waals surface area contributed by atoms with Crippen molar-refractivity contribution < 1.29 is 63.2 Å². The number of nitrogens with zero attached hydrogens (tertiary/aromatic N) is 12. The van der Waals surface area contributed by atoms with Crippen LogP contribution in [0.3, 0.4) is 0 Å². The van der Waals surface area contributed by atoms with E-state index < -0.39 is 0 Å². The number of imidazole rings is 3. The van der Waals surface area contributed by atoms with E-state index in [0.29, 0.717) is 0 Å². The molecule has 0 N–H and O–H groups in total. The monoisotopic (exact) mass is 2180 g/mol. The summed E-state index contributed by atoms with van der Waals surface area (Å²) in [5, 5.41) is 19.9. The molecule has 0 atom stereocenters. The van der Waals surface area contributed by atoms with Gasteiger partial charge in [0.05, 0.1) is 50.6 Å². The Hall–Kier alpha value is -12.9. The molecule has 24 aromatic rings. The maximum absolute atomic E-state index is 5.17. The fourth-order valence-corrected chi connectivity index (χ4v) is 18.8. The van der Waals surface area contributed by atoms with E-state index in [1.165, 1.54) is 32.8 Å². The van der Waals surface area contributed by atoms with Gasteiger partial charge in [0.1, 0.15) is 0 Å². The number of benzene rings is 12. The third-order valence-electron chi connectivity index (χ3n) is 22.6. The number of fused-ring (bicyclic) bond motifs is 12. The Bertz CT molecular complexity index is 8030. The first kappa shape index (κ1) is 79.8. The average molecular weight is 2180 g/mol. The first-order chi connectivity index (χ1) is 59.3. The first-order valence-electron chi connectivity index (χ1n) is 39.4. The van der Waals surface area contributed by atoms with Crippen LogP contribution >= 0.6 is 34.0 Å². The molecular formula is C105H66N12Pt3S3. The number of thiophene rings is 3. The van der Waals surface area contributed by atoms with Crippen LogP contribution in [-0.2, 0) is 84.3 Å². The van der Waals surface area contributed by atoms with E-state index in [2.05, 4.69) is 351 Å². The van der Waals surface area contributed by atoms with E-state index in [4.69, 9.17) is 15.0 Å². The molecule has 0 spiro atoms. The van der Waals surface area contributed by atoms with Gasteiger partial charge in [-0.05, 0) is 195 Å². The summed E-state index contributed by atoms with van der Waals surface area (Å²) in [6.45, 7) is 0. The van der Waals surface area contributed by atoms with Crippen LogP contribution in [0.2, 0.25) is 0 Å². The second-order valence-electron chi connectivity index (χ2n) is 29.5. The molecule has 0 aliphatic rings. The zero-order valence-electron chi connectivity index (χ0n) is 65.9. The quantitative estimate of drug-likeness (QED) is 0.113. The van der Waals surface area contributed by atoms with Crippen molar-refractivity contribution >= 4 is 133 Å². The minimum atomic E-state index is 0. The first-order valence-corrected chi connectivity index (χ1v) is 42.2. The Kier molecular flexibility index (Phi) is 21.9. The second kappa shape index (κ2) is 33.8. The summed E-state index contributed by atoms with van der Waals surface area (Å²) in [5.41, 5.74) is 30.8. The number of pyridine rings is 3. The molecule has 0 amide bonds. The van der Waals surface area contributed by atoms with Crippen LogP contribution in [0.1, 0.15) is 0 Å². The normalized spacial score (nSPS) is 11.3. The van der Waals surface area contributed by atoms with Gasteiger partial charge in [0.15, 0.2) is 0 Å². The number of para-hydroxylation sites is 8. The van der Waals surface area contributed by atoms with Crippen molar-refractivity contribution in [2.75, 3.05) is 0 Å². The molecule has 18 heteroatoms. The minimum absolute atomic E-state index is 0. The van der Waals surface area contributed by atoms with Crippen molar-refractivity contribution in [3.8, 4) is 118 Å². The molecule has 12 aromatic heterocycles. The van der Waals surface area contributed by atoms with E-state index in [-0.39, 0.29) is 63.2 Å². The third kappa shape index (κ3) is 14.4. The molecule has 0 aliphatic heterocycles. The number of rotatable bonds is 12. The van der Waals surface area contributed by atoms with Crippen LogP contribution in [0.5, 0.6) is 0 Å². The maximum atomic E-state index is 5.17. The maximum Gasteiger partial charge on any atom is 2.00 e. The number of hydrogen-bond acceptors (Lipinski definition) is 9. The summed E-state index contributed by atoms with van der Waals surface area (Å²) in [7, 11) is 6.21. The largest absolute Gasteiger partial charge is 2.00 e. The van der Waals surface area contributed by atoms with Gasteiger partial charge in [-0.2, -0.15) is 34.0 Å². The molecule has 594 valence electrons. The molecule has 12 aromatic carbocycles. The fraction of sp³-hybridized carbons (Fsp3) is 0.0286. The molecule has 0 saturated heterocycles. The fourth-order valence-electron chi connectivity index (χ4n) is 16.9. The van der Waals surface area contributed by atoms with Crippen molar-refractivity contribution in [3.63, 3.8) is 0 Å².